The second kappa shape index (κ2) is 7.49. The lowest BCUT2D eigenvalue weighted by molar-refractivity contribution is -0.118. The molecule has 8 heteroatoms. The van der Waals surface area contributed by atoms with Gasteiger partial charge in [-0.3, -0.25) is 4.79 Å². The summed E-state index contributed by atoms with van der Waals surface area (Å²) in [6.07, 6.45) is 0. The van der Waals surface area contributed by atoms with Crippen molar-refractivity contribution in [2.45, 2.75) is 0 Å². The number of methoxy groups -OCH3 is 1. The Morgan fingerprint density at radius 2 is 1.71 bits per heavy atom. The predicted octanol–water partition coefficient (Wildman–Crippen LogP) is 2.91. The van der Waals surface area contributed by atoms with Gasteiger partial charge in [0.15, 0.2) is 6.61 Å². The summed E-state index contributed by atoms with van der Waals surface area (Å²) in [7, 11) is 1.04. The van der Waals surface area contributed by atoms with Crippen molar-refractivity contribution in [2.75, 3.05) is 19.0 Å². The van der Waals surface area contributed by atoms with E-state index in [4.69, 9.17) is 4.74 Å². The number of carbonyl (C=O) groups is 2. The molecule has 0 bridgehead atoms. The Kier molecular flexibility index (Phi) is 5.41. The third-order valence-electron chi connectivity index (χ3n) is 2.92. The third kappa shape index (κ3) is 4.25. The zero-order valence-corrected chi connectivity index (χ0v) is 12.4. The van der Waals surface area contributed by atoms with Gasteiger partial charge in [0.25, 0.3) is 5.91 Å². The van der Waals surface area contributed by atoms with Crippen LogP contribution in [-0.4, -0.2) is 25.6 Å². The molecule has 126 valence electrons. The molecule has 0 unspecified atom stereocenters. The Balaban J connectivity index is 2.05. The maximum absolute atomic E-state index is 13.7. The van der Waals surface area contributed by atoms with Crippen molar-refractivity contribution in [2.24, 2.45) is 0 Å². The van der Waals surface area contributed by atoms with Crippen LogP contribution in [0.5, 0.6) is 5.75 Å². The van der Waals surface area contributed by atoms with E-state index in [9.17, 15) is 22.8 Å². The Morgan fingerprint density at radius 1 is 1.04 bits per heavy atom. The molecule has 0 aromatic heterocycles. The molecule has 1 N–H and O–H groups in total. The molecule has 5 nitrogen and oxygen atoms in total. The first-order chi connectivity index (χ1) is 11.4. The summed E-state index contributed by atoms with van der Waals surface area (Å²) in [5, 5.41) is 2.15. The second-order valence-electron chi connectivity index (χ2n) is 4.59. The molecule has 2 rings (SSSR count). The minimum Gasteiger partial charge on any atom is -0.484 e. The lowest BCUT2D eigenvalue weighted by Crippen LogP contribution is -2.21. The Bertz CT molecular complexity index is 763. The number of nitrogens with one attached hydrogen (secondary N) is 1. The minimum atomic E-state index is -1.11. The van der Waals surface area contributed by atoms with Crippen LogP contribution in [0, 0.1) is 17.5 Å². The molecule has 0 aliphatic heterocycles. The highest BCUT2D eigenvalue weighted by molar-refractivity contribution is 5.95. The van der Waals surface area contributed by atoms with Crippen molar-refractivity contribution in [1.29, 1.82) is 0 Å². The quantitative estimate of drug-likeness (QED) is 0.851. The minimum absolute atomic E-state index is 0.237. The van der Waals surface area contributed by atoms with Gasteiger partial charge in [0.05, 0.1) is 18.4 Å². The van der Waals surface area contributed by atoms with Crippen LogP contribution in [0.25, 0.3) is 0 Å². The van der Waals surface area contributed by atoms with E-state index in [1.54, 1.807) is 0 Å². The smallest absolute Gasteiger partial charge is 0.340 e. The van der Waals surface area contributed by atoms with Crippen molar-refractivity contribution in [3.8, 4) is 5.75 Å². The Hall–Kier alpha value is -3.03. The van der Waals surface area contributed by atoms with Crippen LogP contribution in [0.4, 0.5) is 18.9 Å². The number of hydrogen-bond donors (Lipinski definition) is 1. The summed E-state index contributed by atoms with van der Waals surface area (Å²) < 4.78 is 49.4. The molecule has 24 heavy (non-hydrogen) atoms. The molecule has 0 aliphatic rings. The van der Waals surface area contributed by atoms with Crippen LogP contribution < -0.4 is 10.1 Å². The molecule has 0 aliphatic carbocycles. The normalized spacial score (nSPS) is 10.2. The SMILES string of the molecule is COC(=O)c1cc(NC(=O)COc2ccc(F)cc2)c(F)cc1F. The predicted molar refractivity (Wildman–Crippen MR) is 78.2 cm³/mol. The van der Waals surface area contributed by atoms with Crippen LogP contribution in [-0.2, 0) is 9.53 Å². The molecule has 0 radical (unpaired) electrons. The van der Waals surface area contributed by atoms with Gasteiger partial charge in [0.1, 0.15) is 23.2 Å². The monoisotopic (exact) mass is 339 g/mol. The molecule has 0 saturated heterocycles. The van der Waals surface area contributed by atoms with Crippen LogP contribution in [0.15, 0.2) is 36.4 Å². The van der Waals surface area contributed by atoms with Gasteiger partial charge in [0, 0.05) is 6.07 Å². The molecule has 1 amide bonds. The zero-order valence-electron chi connectivity index (χ0n) is 12.4. The molecular formula is C16H12F3NO4. The van der Waals surface area contributed by atoms with E-state index in [0.717, 1.165) is 25.3 Å². The average molecular weight is 339 g/mol. The number of carbonyl (C=O) groups excluding carboxylic acids is 2. The van der Waals surface area contributed by atoms with Crippen molar-refractivity contribution < 1.29 is 32.2 Å². The fourth-order valence-corrected chi connectivity index (χ4v) is 1.78. The van der Waals surface area contributed by atoms with Crippen LogP contribution in [0.3, 0.4) is 0 Å². The summed E-state index contributed by atoms with van der Waals surface area (Å²) in [6, 6.07) is 6.22. The number of amides is 1. The topological polar surface area (TPSA) is 64.6 Å². The average Bonchev–Trinajstić information content (AvgIpc) is 2.56. The molecule has 0 saturated carbocycles. The van der Waals surface area contributed by atoms with Crippen molar-refractivity contribution in [3.63, 3.8) is 0 Å². The first kappa shape index (κ1) is 17.3. The van der Waals surface area contributed by atoms with E-state index in [-0.39, 0.29) is 5.75 Å². The standard InChI is InChI=1S/C16H12F3NO4/c1-23-16(22)11-6-14(13(19)7-12(11)18)20-15(21)8-24-10-4-2-9(17)3-5-10/h2-7H,8H2,1H3,(H,20,21). The summed E-state index contributed by atoms with van der Waals surface area (Å²) in [6.45, 7) is -0.490. The van der Waals surface area contributed by atoms with Crippen LogP contribution in [0.2, 0.25) is 0 Å². The number of esters is 1. The van der Waals surface area contributed by atoms with Crippen molar-refractivity contribution in [3.05, 3.63) is 59.4 Å². The molecule has 0 spiro atoms. The molecule has 0 heterocycles. The van der Waals surface area contributed by atoms with Gasteiger partial charge in [-0.25, -0.2) is 18.0 Å². The van der Waals surface area contributed by atoms with E-state index in [2.05, 4.69) is 10.1 Å². The summed E-state index contributed by atoms with van der Waals surface area (Å²) in [5.41, 5.74) is -0.918. The second-order valence-corrected chi connectivity index (χ2v) is 4.59. The highest BCUT2D eigenvalue weighted by Crippen LogP contribution is 2.20. The van der Waals surface area contributed by atoms with Crippen LogP contribution >= 0.6 is 0 Å². The van der Waals surface area contributed by atoms with E-state index in [1.165, 1.54) is 12.1 Å². The maximum Gasteiger partial charge on any atom is 0.340 e. The largest absolute Gasteiger partial charge is 0.484 e. The number of anilines is 1. The van der Waals surface area contributed by atoms with Crippen molar-refractivity contribution in [1.82, 2.24) is 0 Å². The van der Waals surface area contributed by atoms with Crippen LogP contribution in [0.1, 0.15) is 10.4 Å². The van der Waals surface area contributed by atoms with Gasteiger partial charge in [-0.1, -0.05) is 0 Å². The van der Waals surface area contributed by atoms with Gasteiger partial charge in [-0.05, 0) is 30.3 Å². The lowest BCUT2D eigenvalue weighted by Gasteiger charge is -2.10. The number of ether oxygens (including phenoxy) is 2. The number of halogens is 3. The van der Waals surface area contributed by atoms with E-state index >= 15 is 0 Å². The first-order valence-electron chi connectivity index (χ1n) is 6.66. The first-order valence-corrected chi connectivity index (χ1v) is 6.66. The highest BCUT2D eigenvalue weighted by atomic mass is 19.1. The van der Waals surface area contributed by atoms with Gasteiger partial charge < -0.3 is 14.8 Å². The Morgan fingerprint density at radius 3 is 2.33 bits per heavy atom. The summed E-state index contributed by atoms with van der Waals surface area (Å²) >= 11 is 0. The Labute approximate surface area is 135 Å². The van der Waals surface area contributed by atoms with Gasteiger partial charge in [-0.2, -0.15) is 0 Å². The fraction of sp³-hybridized carbons (Fsp3) is 0.125. The molecule has 0 fully saturated rings. The molecule has 0 atom stereocenters. The zero-order chi connectivity index (χ0) is 17.7. The van der Waals surface area contributed by atoms with E-state index in [1.807, 2.05) is 0 Å². The third-order valence-corrected chi connectivity index (χ3v) is 2.92. The van der Waals surface area contributed by atoms with E-state index in [0.29, 0.717) is 6.07 Å². The van der Waals surface area contributed by atoms with Crippen molar-refractivity contribution >= 4 is 17.6 Å². The molecule has 2 aromatic rings. The number of hydrogen-bond acceptors (Lipinski definition) is 4. The van der Waals surface area contributed by atoms with Gasteiger partial charge in [-0.15, -0.1) is 0 Å². The number of benzene rings is 2. The number of rotatable bonds is 5. The fourth-order valence-electron chi connectivity index (χ4n) is 1.78. The van der Waals surface area contributed by atoms with E-state index < -0.39 is 47.2 Å². The molecule has 2 aromatic carbocycles. The summed E-state index contributed by atoms with van der Waals surface area (Å²) in [5.74, 6) is -4.15. The maximum atomic E-state index is 13.7. The van der Waals surface area contributed by atoms with Gasteiger partial charge in [0.2, 0.25) is 0 Å². The van der Waals surface area contributed by atoms with Gasteiger partial charge >= 0.3 is 5.97 Å². The molecular weight excluding hydrogens is 327 g/mol. The summed E-state index contributed by atoms with van der Waals surface area (Å²) in [4.78, 5) is 23.1. The lowest BCUT2D eigenvalue weighted by atomic mass is 10.1. The highest BCUT2D eigenvalue weighted by Gasteiger charge is 2.18.